The van der Waals surface area contributed by atoms with Crippen LogP contribution in [0.15, 0.2) is 18.2 Å². The van der Waals surface area contributed by atoms with Gasteiger partial charge in [0.15, 0.2) is 0 Å². The summed E-state index contributed by atoms with van der Waals surface area (Å²) in [4.78, 5) is 4.51. The summed E-state index contributed by atoms with van der Waals surface area (Å²) in [5.41, 5.74) is 8.55. The van der Waals surface area contributed by atoms with Crippen LogP contribution in [0.25, 0.3) is 11.0 Å². The number of aromatic nitrogens is 2. The first kappa shape index (κ1) is 11.9. The lowest BCUT2D eigenvalue weighted by Gasteiger charge is -2.13. The number of anilines is 1. The lowest BCUT2D eigenvalue weighted by Crippen LogP contribution is -2.10. The van der Waals surface area contributed by atoms with Gasteiger partial charge in [-0.2, -0.15) is 0 Å². The molecule has 0 saturated carbocycles. The number of imidazole rings is 1. The highest BCUT2D eigenvalue weighted by molar-refractivity contribution is 5.79. The number of fused-ring (bicyclic) bond motifs is 1. The Bertz CT molecular complexity index is 519. The van der Waals surface area contributed by atoms with E-state index in [0.717, 1.165) is 35.5 Å². The van der Waals surface area contributed by atoms with Crippen molar-refractivity contribution in [3.05, 3.63) is 24.0 Å². The zero-order valence-corrected chi connectivity index (χ0v) is 10.3. The molecule has 0 spiro atoms. The minimum absolute atomic E-state index is 0.236. The molecule has 0 aliphatic rings. The number of hydrogen-bond acceptors (Lipinski definition) is 3. The van der Waals surface area contributed by atoms with Crippen LogP contribution in [0.4, 0.5) is 5.69 Å². The van der Waals surface area contributed by atoms with Crippen molar-refractivity contribution in [1.29, 1.82) is 0 Å². The molecule has 92 valence electrons. The topological polar surface area (TPSA) is 64.1 Å². The van der Waals surface area contributed by atoms with Crippen molar-refractivity contribution in [1.82, 2.24) is 9.55 Å². The van der Waals surface area contributed by atoms with E-state index in [2.05, 4.69) is 16.5 Å². The van der Waals surface area contributed by atoms with Crippen LogP contribution in [-0.4, -0.2) is 21.3 Å². The van der Waals surface area contributed by atoms with Crippen molar-refractivity contribution in [2.45, 2.75) is 26.8 Å². The molecule has 1 aromatic heterocycles. The summed E-state index contributed by atoms with van der Waals surface area (Å²) >= 11 is 0. The van der Waals surface area contributed by atoms with E-state index in [-0.39, 0.29) is 6.61 Å². The molecule has 4 heteroatoms. The van der Waals surface area contributed by atoms with Crippen LogP contribution in [0.1, 0.15) is 19.2 Å². The average Bonchev–Trinajstić information content (AvgIpc) is 2.55. The standard InChI is InChI=1S/C13H19N3O/c1-9(5-6-17)8-16-10(2)15-12-7-11(14)3-4-13(12)16/h3-4,7,9,17H,5-6,8,14H2,1-2H3. The van der Waals surface area contributed by atoms with Crippen molar-refractivity contribution in [2.24, 2.45) is 5.92 Å². The monoisotopic (exact) mass is 233 g/mol. The molecular formula is C13H19N3O. The van der Waals surface area contributed by atoms with Crippen molar-refractivity contribution in [3.63, 3.8) is 0 Å². The molecule has 2 aromatic rings. The third-order valence-electron chi connectivity index (χ3n) is 3.08. The fraction of sp³-hybridized carbons (Fsp3) is 0.462. The summed E-state index contributed by atoms with van der Waals surface area (Å²) in [6.45, 7) is 5.26. The smallest absolute Gasteiger partial charge is 0.106 e. The highest BCUT2D eigenvalue weighted by atomic mass is 16.3. The number of benzene rings is 1. The lowest BCUT2D eigenvalue weighted by molar-refractivity contribution is 0.254. The maximum atomic E-state index is 8.94. The van der Waals surface area contributed by atoms with Gasteiger partial charge in [-0.25, -0.2) is 4.98 Å². The van der Waals surface area contributed by atoms with E-state index in [4.69, 9.17) is 10.8 Å². The molecule has 0 saturated heterocycles. The molecule has 4 nitrogen and oxygen atoms in total. The number of nitrogen functional groups attached to an aromatic ring is 1. The summed E-state index contributed by atoms with van der Waals surface area (Å²) < 4.78 is 2.19. The Morgan fingerprint density at radius 2 is 2.24 bits per heavy atom. The minimum atomic E-state index is 0.236. The first-order valence-electron chi connectivity index (χ1n) is 5.95. The molecule has 0 radical (unpaired) electrons. The van der Waals surface area contributed by atoms with Gasteiger partial charge >= 0.3 is 0 Å². The molecule has 1 heterocycles. The Labute approximate surface area is 101 Å². The first-order chi connectivity index (χ1) is 8.11. The fourth-order valence-electron chi connectivity index (χ4n) is 2.12. The lowest BCUT2D eigenvalue weighted by atomic mass is 10.1. The number of aryl methyl sites for hydroxylation is 1. The molecule has 0 aliphatic heterocycles. The molecule has 2 rings (SSSR count). The van der Waals surface area contributed by atoms with E-state index in [1.807, 2.05) is 25.1 Å². The van der Waals surface area contributed by atoms with Gasteiger partial charge in [-0.1, -0.05) is 6.92 Å². The van der Waals surface area contributed by atoms with E-state index in [9.17, 15) is 0 Å². The van der Waals surface area contributed by atoms with Gasteiger partial charge in [-0.05, 0) is 37.5 Å². The summed E-state index contributed by atoms with van der Waals surface area (Å²) in [5.74, 6) is 1.43. The van der Waals surface area contributed by atoms with Crippen LogP contribution < -0.4 is 5.73 Å². The number of rotatable bonds is 4. The first-order valence-corrected chi connectivity index (χ1v) is 5.95. The van der Waals surface area contributed by atoms with Crippen LogP contribution in [0.5, 0.6) is 0 Å². The van der Waals surface area contributed by atoms with E-state index in [0.29, 0.717) is 5.92 Å². The second kappa shape index (κ2) is 4.75. The molecule has 0 fully saturated rings. The molecule has 1 unspecified atom stereocenters. The van der Waals surface area contributed by atoms with E-state index >= 15 is 0 Å². The number of aliphatic hydroxyl groups excluding tert-OH is 1. The zero-order chi connectivity index (χ0) is 12.4. The van der Waals surface area contributed by atoms with E-state index in [1.165, 1.54) is 0 Å². The number of nitrogens with zero attached hydrogens (tertiary/aromatic N) is 2. The minimum Gasteiger partial charge on any atom is -0.399 e. The Hall–Kier alpha value is -1.55. The summed E-state index contributed by atoms with van der Waals surface area (Å²) in [6, 6.07) is 5.81. The fourth-order valence-corrected chi connectivity index (χ4v) is 2.12. The maximum absolute atomic E-state index is 8.94. The van der Waals surface area contributed by atoms with Crippen molar-refractivity contribution < 1.29 is 5.11 Å². The second-order valence-corrected chi connectivity index (χ2v) is 4.64. The van der Waals surface area contributed by atoms with Crippen LogP contribution in [0.3, 0.4) is 0 Å². The predicted octanol–water partition coefficient (Wildman–Crippen LogP) is 1.95. The normalized spacial score (nSPS) is 13.1. The van der Waals surface area contributed by atoms with Crippen LogP contribution in [0, 0.1) is 12.8 Å². The van der Waals surface area contributed by atoms with Crippen LogP contribution in [-0.2, 0) is 6.54 Å². The molecule has 3 N–H and O–H groups in total. The van der Waals surface area contributed by atoms with Gasteiger partial charge in [0.1, 0.15) is 5.82 Å². The highest BCUT2D eigenvalue weighted by Crippen LogP contribution is 2.20. The van der Waals surface area contributed by atoms with Gasteiger partial charge in [0.2, 0.25) is 0 Å². The van der Waals surface area contributed by atoms with Gasteiger partial charge in [0.25, 0.3) is 0 Å². The quantitative estimate of drug-likeness (QED) is 0.793. The second-order valence-electron chi connectivity index (χ2n) is 4.64. The van der Waals surface area contributed by atoms with Crippen molar-refractivity contribution in [2.75, 3.05) is 12.3 Å². The summed E-state index contributed by atoms with van der Waals surface area (Å²) in [5, 5.41) is 8.94. The molecule has 0 bridgehead atoms. The number of aliphatic hydroxyl groups is 1. The summed E-state index contributed by atoms with van der Waals surface area (Å²) in [7, 11) is 0. The van der Waals surface area contributed by atoms with E-state index in [1.54, 1.807) is 0 Å². The predicted molar refractivity (Wildman–Crippen MR) is 69.7 cm³/mol. The van der Waals surface area contributed by atoms with Gasteiger partial charge in [-0.15, -0.1) is 0 Å². The number of hydrogen-bond donors (Lipinski definition) is 2. The van der Waals surface area contributed by atoms with Gasteiger partial charge < -0.3 is 15.4 Å². The zero-order valence-electron chi connectivity index (χ0n) is 10.3. The molecule has 0 amide bonds. The molecular weight excluding hydrogens is 214 g/mol. The van der Waals surface area contributed by atoms with Gasteiger partial charge in [0, 0.05) is 18.8 Å². The van der Waals surface area contributed by atoms with Crippen LogP contribution in [0.2, 0.25) is 0 Å². The van der Waals surface area contributed by atoms with Crippen molar-refractivity contribution in [3.8, 4) is 0 Å². The van der Waals surface area contributed by atoms with E-state index < -0.39 is 0 Å². The Morgan fingerprint density at radius 3 is 2.94 bits per heavy atom. The maximum Gasteiger partial charge on any atom is 0.106 e. The third-order valence-corrected chi connectivity index (χ3v) is 3.08. The molecule has 0 aliphatic carbocycles. The van der Waals surface area contributed by atoms with Crippen molar-refractivity contribution >= 4 is 16.7 Å². The van der Waals surface area contributed by atoms with Crippen LogP contribution >= 0.6 is 0 Å². The Kier molecular flexibility index (Phi) is 3.33. The third kappa shape index (κ3) is 2.42. The summed E-state index contributed by atoms with van der Waals surface area (Å²) in [6.07, 6.45) is 0.814. The Morgan fingerprint density at radius 1 is 1.47 bits per heavy atom. The number of nitrogens with two attached hydrogens (primary N) is 1. The average molecular weight is 233 g/mol. The molecule has 1 aromatic carbocycles. The SMILES string of the molecule is Cc1nc2cc(N)ccc2n1CC(C)CCO. The Balaban J connectivity index is 2.36. The molecule has 17 heavy (non-hydrogen) atoms. The highest BCUT2D eigenvalue weighted by Gasteiger charge is 2.10. The van der Waals surface area contributed by atoms with Gasteiger partial charge in [0.05, 0.1) is 11.0 Å². The molecule has 1 atom stereocenters. The largest absolute Gasteiger partial charge is 0.399 e. The van der Waals surface area contributed by atoms with Gasteiger partial charge in [-0.3, -0.25) is 0 Å².